The van der Waals surface area contributed by atoms with Crippen LogP contribution < -0.4 is 10.5 Å². The lowest BCUT2D eigenvalue weighted by atomic mass is 10.2. The highest BCUT2D eigenvalue weighted by Crippen LogP contribution is 2.34. The number of oxime groups is 1. The van der Waals surface area contributed by atoms with Crippen LogP contribution in [0.3, 0.4) is 0 Å². The molecular weight excluding hydrogens is 275 g/mol. The zero-order valence-corrected chi connectivity index (χ0v) is 11.0. The molecule has 0 saturated carbocycles. The first-order chi connectivity index (χ1) is 8.60. The SMILES string of the molecule is C#CCCCOc1c(Cl)cc(/C(N)=N/O)cc1Cl. The van der Waals surface area contributed by atoms with E-state index in [1.807, 2.05) is 0 Å². The molecule has 0 aliphatic heterocycles. The number of halogens is 2. The Morgan fingerprint density at radius 3 is 2.56 bits per heavy atom. The number of benzene rings is 1. The number of hydrogen-bond acceptors (Lipinski definition) is 3. The molecule has 0 fully saturated rings. The van der Waals surface area contributed by atoms with Gasteiger partial charge in [0.15, 0.2) is 11.6 Å². The van der Waals surface area contributed by atoms with Crippen LogP contribution in [-0.4, -0.2) is 17.6 Å². The molecule has 0 unspecified atom stereocenters. The Labute approximate surface area is 115 Å². The standard InChI is InChI=1S/C12H12Cl2N2O2/c1-2-3-4-5-18-11-9(13)6-8(7-10(11)14)12(15)16-17/h1,6-7,17H,3-5H2,(H2,15,16). The Morgan fingerprint density at radius 1 is 1.44 bits per heavy atom. The number of nitrogens with two attached hydrogens (primary N) is 1. The number of unbranched alkanes of at least 4 members (excludes halogenated alkanes) is 1. The molecule has 0 aliphatic carbocycles. The number of terminal acetylenes is 1. The van der Waals surface area contributed by atoms with E-state index < -0.39 is 0 Å². The van der Waals surface area contributed by atoms with Crippen LogP contribution in [0.5, 0.6) is 5.75 Å². The quantitative estimate of drug-likeness (QED) is 0.218. The Kier molecular flexibility index (Phi) is 5.63. The molecule has 0 aromatic heterocycles. The van der Waals surface area contributed by atoms with Crippen molar-refractivity contribution >= 4 is 29.0 Å². The van der Waals surface area contributed by atoms with Gasteiger partial charge < -0.3 is 15.7 Å². The monoisotopic (exact) mass is 286 g/mol. The molecule has 0 radical (unpaired) electrons. The topological polar surface area (TPSA) is 67.8 Å². The first-order valence-electron chi connectivity index (χ1n) is 5.13. The molecule has 0 atom stereocenters. The molecule has 6 heteroatoms. The molecule has 1 aromatic rings. The average molecular weight is 287 g/mol. The maximum absolute atomic E-state index is 8.57. The first kappa shape index (κ1) is 14.5. The van der Waals surface area contributed by atoms with Crippen LogP contribution in [0.1, 0.15) is 18.4 Å². The van der Waals surface area contributed by atoms with Gasteiger partial charge in [-0.2, -0.15) is 0 Å². The van der Waals surface area contributed by atoms with Gasteiger partial charge in [-0.3, -0.25) is 0 Å². The fraction of sp³-hybridized carbons (Fsp3) is 0.250. The zero-order valence-electron chi connectivity index (χ0n) is 9.49. The largest absolute Gasteiger partial charge is 0.490 e. The van der Waals surface area contributed by atoms with Crippen LogP contribution in [0.4, 0.5) is 0 Å². The average Bonchev–Trinajstić information content (AvgIpc) is 2.35. The second kappa shape index (κ2) is 7.00. The highest BCUT2D eigenvalue weighted by Gasteiger charge is 2.11. The summed E-state index contributed by atoms with van der Waals surface area (Å²) in [5.41, 5.74) is 5.86. The third-order valence-corrected chi connectivity index (χ3v) is 2.68. The molecule has 0 aliphatic rings. The van der Waals surface area contributed by atoms with E-state index in [1.165, 1.54) is 12.1 Å². The summed E-state index contributed by atoms with van der Waals surface area (Å²) in [6.07, 6.45) is 6.46. The summed E-state index contributed by atoms with van der Waals surface area (Å²) in [6, 6.07) is 3.03. The van der Waals surface area contributed by atoms with E-state index in [0.29, 0.717) is 40.8 Å². The zero-order chi connectivity index (χ0) is 13.5. The molecule has 18 heavy (non-hydrogen) atoms. The molecule has 0 bridgehead atoms. The van der Waals surface area contributed by atoms with Gasteiger partial charge in [-0.05, 0) is 18.6 Å². The van der Waals surface area contributed by atoms with E-state index >= 15 is 0 Å². The Bertz CT molecular complexity index is 472. The highest BCUT2D eigenvalue weighted by atomic mass is 35.5. The minimum absolute atomic E-state index is 0.0716. The van der Waals surface area contributed by atoms with Crippen LogP contribution in [0.25, 0.3) is 0 Å². The third kappa shape index (κ3) is 3.73. The normalized spacial score (nSPS) is 11.1. The fourth-order valence-electron chi connectivity index (χ4n) is 1.25. The molecule has 4 nitrogen and oxygen atoms in total. The molecule has 0 saturated heterocycles. The molecule has 0 amide bonds. The van der Waals surface area contributed by atoms with E-state index in [-0.39, 0.29) is 5.84 Å². The lowest BCUT2D eigenvalue weighted by Crippen LogP contribution is -2.13. The van der Waals surface area contributed by atoms with Crippen LogP contribution in [-0.2, 0) is 0 Å². The van der Waals surface area contributed by atoms with Gasteiger partial charge in [0.2, 0.25) is 0 Å². The molecule has 3 N–H and O–H groups in total. The molecule has 0 spiro atoms. The van der Waals surface area contributed by atoms with E-state index in [0.717, 1.165) is 0 Å². The number of ether oxygens (including phenoxy) is 1. The van der Waals surface area contributed by atoms with Crippen molar-refractivity contribution in [3.8, 4) is 18.1 Å². The number of nitrogens with zero attached hydrogens (tertiary/aromatic N) is 1. The Balaban J connectivity index is 2.85. The number of hydrogen-bond donors (Lipinski definition) is 2. The number of amidine groups is 1. The second-order valence-electron chi connectivity index (χ2n) is 3.41. The van der Waals surface area contributed by atoms with E-state index in [2.05, 4.69) is 11.1 Å². The predicted octanol–water partition coefficient (Wildman–Crippen LogP) is 2.88. The fourth-order valence-corrected chi connectivity index (χ4v) is 1.85. The summed E-state index contributed by atoms with van der Waals surface area (Å²) in [6.45, 7) is 0.423. The van der Waals surface area contributed by atoms with Gasteiger partial charge in [0.05, 0.1) is 16.7 Å². The van der Waals surface area contributed by atoms with Crippen LogP contribution in [0, 0.1) is 12.3 Å². The van der Waals surface area contributed by atoms with Gasteiger partial charge in [0, 0.05) is 12.0 Å². The van der Waals surface area contributed by atoms with Crippen LogP contribution in [0.2, 0.25) is 10.0 Å². The summed E-state index contributed by atoms with van der Waals surface area (Å²) in [5.74, 6) is 2.80. The lowest BCUT2D eigenvalue weighted by Gasteiger charge is -2.10. The summed E-state index contributed by atoms with van der Waals surface area (Å²) in [5, 5.41) is 12.0. The van der Waals surface area contributed by atoms with Gasteiger partial charge in [0.1, 0.15) is 0 Å². The molecule has 1 aromatic carbocycles. The first-order valence-corrected chi connectivity index (χ1v) is 5.89. The summed E-state index contributed by atoms with van der Waals surface area (Å²) in [7, 11) is 0. The van der Waals surface area contributed by atoms with E-state index in [9.17, 15) is 0 Å². The van der Waals surface area contributed by atoms with Gasteiger partial charge in [-0.25, -0.2) is 0 Å². The van der Waals surface area contributed by atoms with Gasteiger partial charge >= 0.3 is 0 Å². The maximum Gasteiger partial charge on any atom is 0.170 e. The van der Waals surface area contributed by atoms with Gasteiger partial charge in [-0.1, -0.05) is 28.4 Å². The summed E-state index contributed by atoms with van der Waals surface area (Å²) < 4.78 is 5.44. The third-order valence-electron chi connectivity index (χ3n) is 2.11. The Hall–Kier alpha value is -1.57. The van der Waals surface area contributed by atoms with Gasteiger partial charge in [0.25, 0.3) is 0 Å². The minimum Gasteiger partial charge on any atom is -0.490 e. The molecular formula is C12H12Cl2N2O2. The predicted molar refractivity (Wildman–Crippen MR) is 72.5 cm³/mol. The lowest BCUT2D eigenvalue weighted by molar-refractivity contribution is 0.313. The van der Waals surface area contributed by atoms with Crippen molar-refractivity contribution in [2.24, 2.45) is 10.9 Å². The van der Waals surface area contributed by atoms with Crippen LogP contribution in [0.15, 0.2) is 17.3 Å². The number of rotatable bonds is 5. The van der Waals surface area contributed by atoms with Crippen molar-refractivity contribution in [3.63, 3.8) is 0 Å². The molecule has 1 rings (SSSR count). The molecule has 96 valence electrons. The van der Waals surface area contributed by atoms with E-state index in [1.54, 1.807) is 0 Å². The molecule has 0 heterocycles. The summed E-state index contributed by atoms with van der Waals surface area (Å²) >= 11 is 12.0. The van der Waals surface area contributed by atoms with Crippen molar-refractivity contribution in [2.75, 3.05) is 6.61 Å². The Morgan fingerprint density at radius 2 is 2.06 bits per heavy atom. The van der Waals surface area contributed by atoms with Crippen molar-refractivity contribution in [2.45, 2.75) is 12.8 Å². The maximum atomic E-state index is 8.57. The summed E-state index contributed by atoms with van der Waals surface area (Å²) in [4.78, 5) is 0. The van der Waals surface area contributed by atoms with Crippen molar-refractivity contribution in [1.29, 1.82) is 0 Å². The van der Waals surface area contributed by atoms with Gasteiger partial charge in [-0.15, -0.1) is 12.3 Å². The van der Waals surface area contributed by atoms with Crippen molar-refractivity contribution in [3.05, 3.63) is 27.7 Å². The van der Waals surface area contributed by atoms with Crippen molar-refractivity contribution in [1.82, 2.24) is 0 Å². The second-order valence-corrected chi connectivity index (χ2v) is 4.22. The van der Waals surface area contributed by atoms with E-state index in [4.69, 9.17) is 45.3 Å². The van der Waals surface area contributed by atoms with Crippen molar-refractivity contribution < 1.29 is 9.94 Å². The minimum atomic E-state index is -0.0716. The highest BCUT2D eigenvalue weighted by molar-refractivity contribution is 6.37. The smallest absolute Gasteiger partial charge is 0.170 e. The van der Waals surface area contributed by atoms with Crippen LogP contribution >= 0.6 is 23.2 Å².